The molecule has 118 valence electrons. The topological polar surface area (TPSA) is 47.6 Å². The van der Waals surface area contributed by atoms with Gasteiger partial charge in [0.2, 0.25) is 0 Å². The fraction of sp³-hybridized carbons (Fsp3) is 0.625. The Hall–Kier alpha value is -0.910. The largest absolute Gasteiger partial charge is 0.497 e. The van der Waals surface area contributed by atoms with Crippen molar-refractivity contribution < 1.29 is 13.7 Å². The third-order valence-electron chi connectivity index (χ3n) is 4.01. The first-order valence-corrected chi connectivity index (χ1v) is 8.85. The molecule has 0 fully saturated rings. The van der Waals surface area contributed by atoms with Gasteiger partial charge in [0, 0.05) is 29.7 Å². The highest BCUT2D eigenvalue weighted by molar-refractivity contribution is 7.85. The fourth-order valence-electron chi connectivity index (χ4n) is 2.94. The summed E-state index contributed by atoms with van der Waals surface area (Å²) in [6, 6.07) is 6.35. The van der Waals surface area contributed by atoms with Crippen LogP contribution < -0.4 is 10.1 Å². The summed E-state index contributed by atoms with van der Waals surface area (Å²) in [7, 11) is 2.45. The van der Waals surface area contributed by atoms with Gasteiger partial charge in [-0.15, -0.1) is 0 Å². The normalized spacial score (nSPS) is 22.6. The second-order valence-electron chi connectivity index (χ2n) is 5.25. The molecule has 0 aliphatic heterocycles. The van der Waals surface area contributed by atoms with Gasteiger partial charge in [-0.25, -0.2) is 0 Å². The van der Waals surface area contributed by atoms with E-state index in [4.69, 9.17) is 9.47 Å². The zero-order valence-electron chi connectivity index (χ0n) is 13.1. The Morgan fingerprint density at radius 2 is 2.19 bits per heavy atom. The number of nitrogens with one attached hydrogen (secondary N) is 1. The van der Waals surface area contributed by atoms with Crippen molar-refractivity contribution in [2.24, 2.45) is 0 Å². The molecule has 0 heterocycles. The van der Waals surface area contributed by atoms with E-state index in [1.807, 2.05) is 6.07 Å². The van der Waals surface area contributed by atoms with Gasteiger partial charge in [0.15, 0.2) is 0 Å². The number of ether oxygens (including phenoxy) is 2. The number of benzene rings is 1. The number of hydrogen-bond donors (Lipinski definition) is 1. The van der Waals surface area contributed by atoms with E-state index in [2.05, 4.69) is 24.4 Å². The molecule has 3 unspecified atom stereocenters. The van der Waals surface area contributed by atoms with Crippen molar-refractivity contribution in [1.29, 1.82) is 0 Å². The van der Waals surface area contributed by atoms with Crippen molar-refractivity contribution in [3.05, 3.63) is 29.3 Å². The van der Waals surface area contributed by atoms with Crippen LogP contribution in [0.25, 0.3) is 0 Å². The maximum Gasteiger partial charge on any atom is 0.119 e. The lowest BCUT2D eigenvalue weighted by Gasteiger charge is -2.34. The Morgan fingerprint density at radius 1 is 1.38 bits per heavy atom. The molecule has 0 amide bonds. The van der Waals surface area contributed by atoms with E-state index < -0.39 is 10.8 Å². The molecule has 1 aromatic carbocycles. The van der Waals surface area contributed by atoms with Gasteiger partial charge in [-0.2, -0.15) is 0 Å². The van der Waals surface area contributed by atoms with Crippen LogP contribution in [0, 0.1) is 0 Å². The Bertz CT molecular complexity index is 492. The lowest BCUT2D eigenvalue weighted by Crippen LogP contribution is -2.39. The SMILES string of the molecule is CCNC1c2cc(OC)ccc2CCC1S(=O)CCOC. The Kier molecular flexibility index (Phi) is 6.21. The van der Waals surface area contributed by atoms with Crippen molar-refractivity contribution in [2.75, 3.05) is 33.1 Å². The van der Waals surface area contributed by atoms with Gasteiger partial charge in [-0.3, -0.25) is 4.21 Å². The summed E-state index contributed by atoms with van der Waals surface area (Å²) in [5, 5.41) is 3.65. The predicted octanol–water partition coefficient (Wildman–Crippen LogP) is 2.06. The Labute approximate surface area is 129 Å². The molecule has 1 N–H and O–H groups in total. The van der Waals surface area contributed by atoms with E-state index in [9.17, 15) is 4.21 Å². The van der Waals surface area contributed by atoms with Gasteiger partial charge in [-0.05, 0) is 42.6 Å². The number of rotatable bonds is 7. The quantitative estimate of drug-likeness (QED) is 0.837. The standard InChI is InChI=1S/C16H25NO3S/c1-4-17-16-14-11-13(20-3)7-5-12(14)6-8-15(16)21(18)10-9-19-2/h5,7,11,15-17H,4,6,8-10H2,1-3H3. The highest BCUT2D eigenvalue weighted by Gasteiger charge is 2.33. The highest BCUT2D eigenvalue weighted by Crippen LogP contribution is 2.35. The fourth-order valence-corrected chi connectivity index (χ4v) is 4.50. The zero-order valence-corrected chi connectivity index (χ0v) is 13.9. The molecule has 3 atom stereocenters. The van der Waals surface area contributed by atoms with Crippen LogP contribution in [0.2, 0.25) is 0 Å². The molecule has 0 saturated heterocycles. The molecule has 1 aliphatic rings. The Balaban J connectivity index is 2.26. The zero-order chi connectivity index (χ0) is 15.2. The second-order valence-corrected chi connectivity index (χ2v) is 7.03. The van der Waals surface area contributed by atoms with Crippen molar-refractivity contribution in [3.8, 4) is 5.75 Å². The molecule has 4 nitrogen and oxygen atoms in total. The van der Waals surface area contributed by atoms with Crippen LogP contribution in [0.15, 0.2) is 18.2 Å². The van der Waals surface area contributed by atoms with Crippen molar-refractivity contribution >= 4 is 10.8 Å². The van der Waals surface area contributed by atoms with E-state index in [-0.39, 0.29) is 11.3 Å². The van der Waals surface area contributed by atoms with E-state index >= 15 is 0 Å². The van der Waals surface area contributed by atoms with Crippen LogP contribution in [0.3, 0.4) is 0 Å². The number of methoxy groups -OCH3 is 2. The van der Waals surface area contributed by atoms with E-state index in [0.29, 0.717) is 12.4 Å². The lowest BCUT2D eigenvalue weighted by atomic mass is 9.87. The van der Waals surface area contributed by atoms with E-state index in [1.54, 1.807) is 14.2 Å². The summed E-state index contributed by atoms with van der Waals surface area (Å²) >= 11 is 0. The molecule has 21 heavy (non-hydrogen) atoms. The highest BCUT2D eigenvalue weighted by atomic mass is 32.2. The third kappa shape index (κ3) is 3.84. The second kappa shape index (κ2) is 7.92. The minimum absolute atomic E-state index is 0.131. The molecule has 2 rings (SSSR count). The lowest BCUT2D eigenvalue weighted by molar-refractivity contribution is 0.217. The minimum atomic E-state index is -0.882. The maximum absolute atomic E-state index is 12.6. The van der Waals surface area contributed by atoms with Crippen LogP contribution in [-0.4, -0.2) is 42.6 Å². The molecule has 0 radical (unpaired) electrons. The van der Waals surface area contributed by atoms with Crippen LogP contribution in [0.4, 0.5) is 0 Å². The number of aryl methyl sites for hydroxylation is 1. The van der Waals surface area contributed by atoms with Crippen molar-refractivity contribution in [2.45, 2.75) is 31.1 Å². The molecule has 0 spiro atoms. The van der Waals surface area contributed by atoms with E-state index in [1.165, 1.54) is 11.1 Å². The minimum Gasteiger partial charge on any atom is -0.497 e. The predicted molar refractivity (Wildman–Crippen MR) is 86.4 cm³/mol. The van der Waals surface area contributed by atoms with Gasteiger partial charge in [0.25, 0.3) is 0 Å². The average molecular weight is 311 g/mol. The molecular weight excluding hydrogens is 286 g/mol. The van der Waals surface area contributed by atoms with Crippen molar-refractivity contribution in [1.82, 2.24) is 5.32 Å². The van der Waals surface area contributed by atoms with Gasteiger partial charge in [0.1, 0.15) is 5.75 Å². The van der Waals surface area contributed by atoms with Crippen LogP contribution in [-0.2, 0) is 22.0 Å². The number of fused-ring (bicyclic) bond motifs is 1. The summed E-state index contributed by atoms with van der Waals surface area (Å²) < 4.78 is 23.0. The molecule has 0 aromatic heterocycles. The molecular formula is C16H25NO3S. The van der Waals surface area contributed by atoms with E-state index in [0.717, 1.165) is 25.1 Å². The first-order valence-electron chi connectivity index (χ1n) is 7.47. The maximum atomic E-state index is 12.6. The first kappa shape index (κ1) is 16.5. The molecule has 1 aliphatic carbocycles. The smallest absolute Gasteiger partial charge is 0.119 e. The summed E-state index contributed by atoms with van der Waals surface area (Å²) in [6.45, 7) is 3.50. The molecule has 1 aromatic rings. The van der Waals surface area contributed by atoms with Crippen LogP contribution >= 0.6 is 0 Å². The molecule has 0 bridgehead atoms. The average Bonchev–Trinajstić information content (AvgIpc) is 2.52. The molecule has 5 heteroatoms. The van der Waals surface area contributed by atoms with Crippen LogP contribution in [0.1, 0.15) is 30.5 Å². The monoisotopic (exact) mass is 311 g/mol. The summed E-state index contributed by atoms with van der Waals surface area (Å²) in [4.78, 5) is 0. The molecule has 0 saturated carbocycles. The number of hydrogen-bond acceptors (Lipinski definition) is 4. The third-order valence-corrected chi connectivity index (χ3v) is 5.76. The summed E-state index contributed by atoms with van der Waals surface area (Å²) in [5.41, 5.74) is 2.57. The Morgan fingerprint density at radius 3 is 2.86 bits per heavy atom. The summed E-state index contributed by atoms with van der Waals surface area (Å²) in [6.07, 6.45) is 1.93. The first-order chi connectivity index (χ1) is 10.2. The van der Waals surface area contributed by atoms with Gasteiger partial charge >= 0.3 is 0 Å². The summed E-state index contributed by atoms with van der Waals surface area (Å²) in [5.74, 6) is 1.46. The van der Waals surface area contributed by atoms with Gasteiger partial charge in [-0.1, -0.05) is 13.0 Å². The van der Waals surface area contributed by atoms with Gasteiger partial charge < -0.3 is 14.8 Å². The van der Waals surface area contributed by atoms with Gasteiger partial charge in [0.05, 0.1) is 19.0 Å². The van der Waals surface area contributed by atoms with Crippen LogP contribution in [0.5, 0.6) is 5.75 Å². The van der Waals surface area contributed by atoms with Crippen molar-refractivity contribution in [3.63, 3.8) is 0 Å².